The molecule has 0 saturated heterocycles. The fourth-order valence-corrected chi connectivity index (χ4v) is 2.63. The number of benzene rings is 2. The fourth-order valence-electron chi connectivity index (χ4n) is 1.74. The third-order valence-corrected chi connectivity index (χ3v) is 3.84. The zero-order chi connectivity index (χ0) is 13.1. The van der Waals surface area contributed by atoms with Crippen molar-refractivity contribution in [3.05, 3.63) is 56.6 Å². The summed E-state index contributed by atoms with van der Waals surface area (Å²) in [5.41, 5.74) is 8.76. The second-order valence-corrected chi connectivity index (χ2v) is 5.76. The van der Waals surface area contributed by atoms with Crippen molar-refractivity contribution < 1.29 is 0 Å². The molecule has 0 aliphatic heterocycles. The zero-order valence-corrected chi connectivity index (χ0v) is 12.9. The SMILES string of the molecule is CC(Nc1ccc(N)cc1I)c1cccc(Cl)c1. The minimum Gasteiger partial charge on any atom is -0.399 e. The minimum absolute atomic E-state index is 0.195. The number of halogens is 2. The summed E-state index contributed by atoms with van der Waals surface area (Å²) >= 11 is 8.28. The monoisotopic (exact) mass is 372 g/mol. The highest BCUT2D eigenvalue weighted by atomic mass is 127. The van der Waals surface area contributed by atoms with E-state index >= 15 is 0 Å². The average Bonchev–Trinajstić information content (AvgIpc) is 2.32. The molecule has 0 bridgehead atoms. The van der Waals surface area contributed by atoms with Gasteiger partial charge in [0.15, 0.2) is 0 Å². The summed E-state index contributed by atoms with van der Waals surface area (Å²) in [6, 6.07) is 13.9. The van der Waals surface area contributed by atoms with Crippen molar-refractivity contribution in [2.45, 2.75) is 13.0 Å². The van der Waals surface area contributed by atoms with E-state index in [1.54, 1.807) is 0 Å². The predicted molar refractivity (Wildman–Crippen MR) is 87.1 cm³/mol. The van der Waals surface area contributed by atoms with Crippen molar-refractivity contribution in [1.29, 1.82) is 0 Å². The lowest BCUT2D eigenvalue weighted by Gasteiger charge is -2.17. The van der Waals surface area contributed by atoms with Crippen LogP contribution in [0.2, 0.25) is 5.02 Å². The Bertz CT molecular complexity index is 557. The summed E-state index contributed by atoms with van der Waals surface area (Å²) < 4.78 is 1.11. The molecule has 3 N–H and O–H groups in total. The van der Waals surface area contributed by atoms with Crippen LogP contribution >= 0.6 is 34.2 Å². The van der Waals surface area contributed by atoms with Crippen LogP contribution in [-0.4, -0.2) is 0 Å². The molecule has 1 atom stereocenters. The number of hydrogen-bond donors (Lipinski definition) is 2. The van der Waals surface area contributed by atoms with Gasteiger partial charge in [0.2, 0.25) is 0 Å². The largest absolute Gasteiger partial charge is 0.399 e. The third kappa shape index (κ3) is 3.29. The van der Waals surface area contributed by atoms with E-state index < -0.39 is 0 Å². The van der Waals surface area contributed by atoms with E-state index in [2.05, 4.69) is 40.9 Å². The van der Waals surface area contributed by atoms with Gasteiger partial charge in [0, 0.05) is 26.0 Å². The van der Waals surface area contributed by atoms with Crippen LogP contribution in [0.5, 0.6) is 0 Å². The van der Waals surface area contributed by atoms with Gasteiger partial charge in [-0.1, -0.05) is 23.7 Å². The average molecular weight is 373 g/mol. The lowest BCUT2D eigenvalue weighted by molar-refractivity contribution is 0.883. The first-order valence-electron chi connectivity index (χ1n) is 5.63. The first-order chi connectivity index (χ1) is 8.56. The lowest BCUT2D eigenvalue weighted by Crippen LogP contribution is -2.07. The van der Waals surface area contributed by atoms with Gasteiger partial charge in [-0.2, -0.15) is 0 Å². The molecule has 2 nitrogen and oxygen atoms in total. The molecule has 0 aromatic heterocycles. The van der Waals surface area contributed by atoms with Gasteiger partial charge < -0.3 is 11.1 Å². The Kier molecular flexibility index (Phi) is 4.35. The number of rotatable bonds is 3. The van der Waals surface area contributed by atoms with Crippen LogP contribution in [0.3, 0.4) is 0 Å². The van der Waals surface area contributed by atoms with Gasteiger partial charge >= 0.3 is 0 Å². The van der Waals surface area contributed by atoms with Crippen molar-refractivity contribution in [3.63, 3.8) is 0 Å². The molecule has 2 rings (SSSR count). The van der Waals surface area contributed by atoms with Crippen LogP contribution in [-0.2, 0) is 0 Å². The molecular formula is C14H14ClIN2. The summed E-state index contributed by atoms with van der Waals surface area (Å²) in [5, 5.41) is 4.22. The van der Waals surface area contributed by atoms with Gasteiger partial charge in [0.25, 0.3) is 0 Å². The van der Waals surface area contributed by atoms with Crippen LogP contribution in [0.25, 0.3) is 0 Å². The second kappa shape index (κ2) is 5.80. The predicted octanol–water partition coefficient (Wildman–Crippen LogP) is 4.70. The summed E-state index contributed by atoms with van der Waals surface area (Å²) in [4.78, 5) is 0. The maximum absolute atomic E-state index is 6.00. The van der Waals surface area contributed by atoms with Crippen molar-refractivity contribution in [2.24, 2.45) is 0 Å². The first kappa shape index (κ1) is 13.5. The molecule has 94 valence electrons. The van der Waals surface area contributed by atoms with E-state index in [1.807, 2.05) is 36.4 Å². The van der Waals surface area contributed by atoms with Crippen LogP contribution < -0.4 is 11.1 Å². The van der Waals surface area contributed by atoms with Gasteiger partial charge in [-0.05, 0) is 65.4 Å². The first-order valence-corrected chi connectivity index (χ1v) is 7.09. The molecule has 0 aliphatic carbocycles. The van der Waals surface area contributed by atoms with E-state index in [-0.39, 0.29) is 6.04 Å². The maximum Gasteiger partial charge on any atom is 0.0486 e. The Labute approximate surface area is 126 Å². The van der Waals surface area contributed by atoms with Gasteiger partial charge in [-0.25, -0.2) is 0 Å². The normalized spacial score (nSPS) is 12.2. The van der Waals surface area contributed by atoms with Crippen molar-refractivity contribution in [1.82, 2.24) is 0 Å². The molecule has 0 saturated carbocycles. The van der Waals surface area contributed by atoms with E-state index in [0.717, 1.165) is 25.5 Å². The Hall–Kier alpha value is -0.940. The molecule has 4 heteroatoms. The van der Waals surface area contributed by atoms with Gasteiger partial charge in [0.1, 0.15) is 0 Å². The maximum atomic E-state index is 6.00. The number of nitrogens with one attached hydrogen (secondary N) is 1. The van der Waals surface area contributed by atoms with Crippen LogP contribution in [0.15, 0.2) is 42.5 Å². The lowest BCUT2D eigenvalue weighted by atomic mass is 10.1. The molecule has 0 fully saturated rings. The number of hydrogen-bond acceptors (Lipinski definition) is 2. The van der Waals surface area contributed by atoms with Gasteiger partial charge in [-0.15, -0.1) is 0 Å². The van der Waals surface area contributed by atoms with E-state index in [1.165, 1.54) is 0 Å². The molecule has 0 amide bonds. The zero-order valence-electron chi connectivity index (χ0n) is 9.95. The second-order valence-electron chi connectivity index (χ2n) is 4.16. The summed E-state index contributed by atoms with van der Waals surface area (Å²) in [6.07, 6.45) is 0. The van der Waals surface area contributed by atoms with Crippen molar-refractivity contribution >= 4 is 45.6 Å². The Balaban J connectivity index is 2.18. The number of anilines is 2. The highest BCUT2D eigenvalue weighted by molar-refractivity contribution is 14.1. The van der Waals surface area contributed by atoms with E-state index in [0.29, 0.717) is 0 Å². The molecule has 18 heavy (non-hydrogen) atoms. The summed E-state index contributed by atoms with van der Waals surface area (Å²) in [5.74, 6) is 0. The quantitative estimate of drug-likeness (QED) is 0.605. The Morgan fingerprint density at radius 3 is 2.67 bits per heavy atom. The van der Waals surface area contributed by atoms with Crippen molar-refractivity contribution in [3.8, 4) is 0 Å². The van der Waals surface area contributed by atoms with E-state index in [4.69, 9.17) is 17.3 Å². The van der Waals surface area contributed by atoms with Crippen LogP contribution in [0.4, 0.5) is 11.4 Å². The standard InChI is InChI=1S/C14H14ClIN2/c1-9(10-3-2-4-11(15)7-10)18-14-6-5-12(17)8-13(14)16/h2-9,18H,17H2,1H3. The molecule has 0 aliphatic rings. The van der Waals surface area contributed by atoms with Crippen LogP contribution in [0, 0.1) is 3.57 Å². The molecule has 0 spiro atoms. The summed E-state index contributed by atoms with van der Waals surface area (Å²) in [6.45, 7) is 2.11. The smallest absolute Gasteiger partial charge is 0.0486 e. The fraction of sp³-hybridized carbons (Fsp3) is 0.143. The number of nitrogens with two attached hydrogens (primary N) is 1. The minimum atomic E-state index is 0.195. The van der Waals surface area contributed by atoms with Crippen molar-refractivity contribution in [2.75, 3.05) is 11.1 Å². The highest BCUT2D eigenvalue weighted by Gasteiger charge is 2.07. The van der Waals surface area contributed by atoms with Gasteiger partial charge in [-0.3, -0.25) is 0 Å². The van der Waals surface area contributed by atoms with Gasteiger partial charge in [0.05, 0.1) is 0 Å². The summed E-state index contributed by atoms with van der Waals surface area (Å²) in [7, 11) is 0. The molecule has 0 heterocycles. The molecule has 2 aromatic carbocycles. The Morgan fingerprint density at radius 1 is 1.22 bits per heavy atom. The molecular weight excluding hydrogens is 359 g/mol. The van der Waals surface area contributed by atoms with E-state index in [9.17, 15) is 0 Å². The third-order valence-electron chi connectivity index (χ3n) is 2.71. The topological polar surface area (TPSA) is 38.0 Å². The highest BCUT2D eigenvalue weighted by Crippen LogP contribution is 2.26. The molecule has 2 aromatic rings. The van der Waals surface area contributed by atoms with Crippen LogP contribution in [0.1, 0.15) is 18.5 Å². The Morgan fingerprint density at radius 2 is 2.00 bits per heavy atom. The molecule has 0 radical (unpaired) electrons. The number of nitrogen functional groups attached to an aromatic ring is 1. The molecule has 1 unspecified atom stereocenters.